The maximum absolute atomic E-state index is 0. The van der Waals surface area contributed by atoms with E-state index in [9.17, 15) is 0 Å². The third-order valence-corrected chi connectivity index (χ3v) is 0. The minimum atomic E-state index is 0. The third-order valence-electron chi connectivity index (χ3n) is 0. The summed E-state index contributed by atoms with van der Waals surface area (Å²) in [4.78, 5) is 0. The Hall–Kier alpha value is 2.21. The van der Waals surface area contributed by atoms with Gasteiger partial charge in [-0.2, -0.15) is 0 Å². The van der Waals surface area contributed by atoms with Crippen molar-refractivity contribution in [3.63, 3.8) is 0 Å². The molecule has 0 aromatic rings. The van der Waals surface area contributed by atoms with Crippen LogP contribution in [-0.2, 0) is 65.4 Å². The van der Waals surface area contributed by atoms with Gasteiger partial charge in [0.15, 0.2) is 0 Å². The van der Waals surface area contributed by atoms with E-state index < -0.39 is 0 Å². The topological polar surface area (TPSA) is 0 Å². The van der Waals surface area contributed by atoms with E-state index in [1.54, 1.807) is 0 Å². The van der Waals surface area contributed by atoms with E-state index in [2.05, 4.69) is 0 Å². The number of hydrogen-bond donors (Lipinski definition) is 0. The molecule has 0 atom stereocenters. The maximum atomic E-state index is 0. The van der Waals surface area contributed by atoms with Crippen LogP contribution >= 0.6 is 0 Å². The van der Waals surface area contributed by atoms with Gasteiger partial charge >= 0.3 is 32.7 Å². The smallest absolute Gasteiger partial charge is 0.358 e. The third kappa shape index (κ3) is 141. The standard InChI is InChI=1S/2CH4.5CH3.2Y/h2*1H4;5*1H3;;/q;;5*-1;;+3. The van der Waals surface area contributed by atoms with Crippen LogP contribution in [0.5, 0.6) is 0 Å². The van der Waals surface area contributed by atoms with Crippen molar-refractivity contribution < 1.29 is 65.4 Å². The van der Waals surface area contributed by atoms with E-state index >= 15 is 0 Å². The maximum Gasteiger partial charge on any atom is 3.00 e. The van der Waals surface area contributed by atoms with Gasteiger partial charge < -0.3 is 37.1 Å². The summed E-state index contributed by atoms with van der Waals surface area (Å²) in [5.74, 6) is 0. The van der Waals surface area contributed by atoms with Gasteiger partial charge in [-0.25, -0.2) is 0 Å². The van der Waals surface area contributed by atoms with E-state index in [1.165, 1.54) is 0 Å². The van der Waals surface area contributed by atoms with Crippen LogP contribution in [0.4, 0.5) is 0 Å². The van der Waals surface area contributed by atoms with Crippen LogP contribution in [0, 0.1) is 37.1 Å². The summed E-state index contributed by atoms with van der Waals surface area (Å²) in [7, 11) is 0. The predicted molar refractivity (Wildman–Crippen MR) is 45.5 cm³/mol. The molecule has 0 saturated carbocycles. The van der Waals surface area contributed by atoms with E-state index in [4.69, 9.17) is 0 Å². The van der Waals surface area contributed by atoms with E-state index in [0.29, 0.717) is 0 Å². The van der Waals surface area contributed by atoms with Gasteiger partial charge in [0.1, 0.15) is 0 Å². The molecule has 0 bridgehead atoms. The molecule has 0 aromatic carbocycles. The van der Waals surface area contributed by atoms with Crippen molar-refractivity contribution >= 4 is 0 Å². The SMILES string of the molecule is C.C.[CH3-].[CH3-].[CH3-].[CH3-].[CH3-].[Y+3].[Y]. The molecule has 1 radical (unpaired) electrons. The van der Waals surface area contributed by atoms with Crippen LogP contribution in [0.2, 0.25) is 0 Å². The molecular formula is C7H23Y2-2. The molecule has 9 heavy (non-hydrogen) atoms. The Balaban J connectivity index is 0. The Morgan fingerprint density at radius 1 is 0.444 bits per heavy atom. The van der Waals surface area contributed by atoms with Crippen LogP contribution in [-0.4, -0.2) is 0 Å². The van der Waals surface area contributed by atoms with Crippen LogP contribution in [0.3, 0.4) is 0 Å². The second-order valence-electron chi connectivity index (χ2n) is 0. The molecule has 0 heterocycles. The summed E-state index contributed by atoms with van der Waals surface area (Å²) < 4.78 is 0. The van der Waals surface area contributed by atoms with Crippen molar-refractivity contribution in [1.82, 2.24) is 0 Å². The Bertz CT molecular complexity index is 6.88. The molecular weight excluding hydrogens is 262 g/mol. The normalized spacial score (nSPS) is 0. The van der Waals surface area contributed by atoms with Crippen LogP contribution in [0.1, 0.15) is 14.9 Å². The van der Waals surface area contributed by atoms with Gasteiger partial charge in [-0.05, 0) is 0 Å². The molecule has 0 spiro atoms. The quantitative estimate of drug-likeness (QED) is 0.597. The molecule has 0 aliphatic carbocycles. The van der Waals surface area contributed by atoms with Gasteiger partial charge in [0.2, 0.25) is 0 Å². The minimum Gasteiger partial charge on any atom is -0.358 e. The fourth-order valence-corrected chi connectivity index (χ4v) is 0. The zero-order valence-electron chi connectivity index (χ0n) is 6.15. The molecule has 0 unspecified atom stereocenters. The van der Waals surface area contributed by atoms with E-state index in [-0.39, 0.29) is 117 Å². The fourth-order valence-electron chi connectivity index (χ4n) is 0. The monoisotopic (exact) mass is 285 g/mol. The number of hydrogen-bond acceptors (Lipinski definition) is 0. The first-order chi connectivity index (χ1) is 0. The molecule has 0 amide bonds. The Morgan fingerprint density at radius 2 is 0.444 bits per heavy atom. The summed E-state index contributed by atoms with van der Waals surface area (Å²) >= 11 is 0. The first-order valence-corrected chi connectivity index (χ1v) is 0. The molecule has 0 nitrogen and oxygen atoms in total. The largest absolute Gasteiger partial charge is 3.00 e. The Kier molecular flexibility index (Phi) is 4730. The zero-order chi connectivity index (χ0) is 0. The molecule has 0 aliphatic heterocycles. The summed E-state index contributed by atoms with van der Waals surface area (Å²) in [5, 5.41) is 0. The second-order valence-corrected chi connectivity index (χ2v) is 0. The van der Waals surface area contributed by atoms with Crippen LogP contribution in [0.25, 0.3) is 0 Å². The van der Waals surface area contributed by atoms with Crippen molar-refractivity contribution in [3.8, 4) is 0 Å². The average Bonchev–Trinajstić information content (AvgIpc) is 0. The zero-order valence-corrected chi connectivity index (χ0v) is 11.8. The van der Waals surface area contributed by atoms with E-state index in [1.807, 2.05) is 0 Å². The average molecular weight is 285 g/mol. The van der Waals surface area contributed by atoms with Gasteiger partial charge in [-0.1, -0.05) is 14.9 Å². The first-order valence-electron chi connectivity index (χ1n) is 0. The second kappa shape index (κ2) is 178. The van der Waals surface area contributed by atoms with Gasteiger partial charge in [-0.15, -0.1) is 0 Å². The van der Waals surface area contributed by atoms with E-state index in [0.717, 1.165) is 0 Å². The fraction of sp³-hybridized carbons (Fsp3) is 0.286. The van der Waals surface area contributed by atoms with Gasteiger partial charge in [0, 0.05) is 32.7 Å². The van der Waals surface area contributed by atoms with Crippen molar-refractivity contribution in [3.05, 3.63) is 37.1 Å². The molecule has 0 rings (SSSR count). The number of rotatable bonds is 0. The molecule has 59 valence electrons. The summed E-state index contributed by atoms with van der Waals surface area (Å²) in [6.07, 6.45) is 0. The summed E-state index contributed by atoms with van der Waals surface area (Å²) in [5.41, 5.74) is 0. The van der Waals surface area contributed by atoms with Crippen molar-refractivity contribution in [2.45, 2.75) is 14.9 Å². The van der Waals surface area contributed by atoms with Crippen molar-refractivity contribution in [2.24, 2.45) is 0 Å². The van der Waals surface area contributed by atoms with Gasteiger partial charge in [0.05, 0.1) is 0 Å². The molecule has 2 heteroatoms. The molecule has 0 N–H and O–H groups in total. The van der Waals surface area contributed by atoms with Crippen LogP contribution in [0.15, 0.2) is 0 Å². The molecule has 0 fully saturated rings. The molecule has 0 aromatic heterocycles. The Labute approximate surface area is 116 Å². The Morgan fingerprint density at radius 3 is 0.444 bits per heavy atom. The molecule has 0 aliphatic rings. The van der Waals surface area contributed by atoms with Gasteiger partial charge in [0.25, 0.3) is 0 Å². The summed E-state index contributed by atoms with van der Waals surface area (Å²) in [6.45, 7) is 0. The van der Waals surface area contributed by atoms with Crippen molar-refractivity contribution in [1.29, 1.82) is 0 Å². The molecule has 0 saturated heterocycles. The van der Waals surface area contributed by atoms with Gasteiger partial charge in [-0.3, -0.25) is 0 Å². The summed E-state index contributed by atoms with van der Waals surface area (Å²) in [6, 6.07) is 0. The minimum absolute atomic E-state index is 0. The first kappa shape index (κ1) is 240. The van der Waals surface area contributed by atoms with Crippen LogP contribution < -0.4 is 0 Å². The van der Waals surface area contributed by atoms with Crippen molar-refractivity contribution in [2.75, 3.05) is 0 Å². The predicted octanol–water partition coefficient (Wildman–Crippen LogP) is 3.52.